The highest BCUT2D eigenvalue weighted by Crippen LogP contribution is 2.37. The van der Waals surface area contributed by atoms with Crippen LogP contribution in [0.1, 0.15) is 33.5 Å². The highest BCUT2D eigenvalue weighted by atomic mass is 16.6. The lowest BCUT2D eigenvalue weighted by molar-refractivity contribution is -0.384. The Balaban J connectivity index is 1.74. The molecule has 0 fully saturated rings. The molecular formula is C18H16N2O3. The molecule has 1 aliphatic heterocycles. The number of hydrogen-bond acceptors (Lipinski definition) is 3. The molecule has 0 aromatic heterocycles. The molecular weight excluding hydrogens is 292 g/mol. The van der Waals surface area contributed by atoms with Gasteiger partial charge in [0, 0.05) is 18.2 Å². The van der Waals surface area contributed by atoms with Gasteiger partial charge in [0.15, 0.2) is 0 Å². The van der Waals surface area contributed by atoms with Crippen LogP contribution in [0.3, 0.4) is 0 Å². The second kappa shape index (κ2) is 5.19. The average molecular weight is 308 g/mol. The molecule has 1 aliphatic carbocycles. The van der Waals surface area contributed by atoms with E-state index in [1.165, 1.54) is 17.2 Å². The van der Waals surface area contributed by atoms with Crippen molar-refractivity contribution in [2.75, 3.05) is 11.4 Å². The summed E-state index contributed by atoms with van der Waals surface area (Å²) in [5.41, 5.74) is 4.51. The molecule has 0 spiro atoms. The number of anilines is 1. The molecule has 0 unspecified atom stereocenters. The lowest BCUT2D eigenvalue weighted by Gasteiger charge is -2.17. The van der Waals surface area contributed by atoms with Crippen LogP contribution in [0.15, 0.2) is 36.4 Å². The Bertz CT molecular complexity index is 829. The molecule has 0 saturated carbocycles. The van der Waals surface area contributed by atoms with Crippen molar-refractivity contribution in [1.82, 2.24) is 0 Å². The minimum absolute atomic E-state index is 0.00881. The second-order valence-electron chi connectivity index (χ2n) is 6.09. The maximum Gasteiger partial charge on any atom is 0.293 e. The Morgan fingerprint density at radius 3 is 2.70 bits per heavy atom. The third kappa shape index (κ3) is 2.20. The van der Waals surface area contributed by atoms with Gasteiger partial charge in [-0.2, -0.15) is 0 Å². The summed E-state index contributed by atoms with van der Waals surface area (Å²) < 4.78 is 0. The molecule has 23 heavy (non-hydrogen) atoms. The zero-order valence-electron chi connectivity index (χ0n) is 12.6. The van der Waals surface area contributed by atoms with Crippen LogP contribution in [0.2, 0.25) is 0 Å². The van der Waals surface area contributed by atoms with Crippen molar-refractivity contribution in [3.05, 3.63) is 68.8 Å². The number of nitro benzene ring substituents is 1. The Kier molecular flexibility index (Phi) is 3.15. The van der Waals surface area contributed by atoms with Crippen molar-refractivity contribution >= 4 is 17.3 Å². The molecule has 2 aliphatic rings. The Morgan fingerprint density at radius 2 is 1.87 bits per heavy atom. The molecule has 2 aromatic rings. The van der Waals surface area contributed by atoms with Gasteiger partial charge in [0.2, 0.25) is 0 Å². The first kappa shape index (κ1) is 13.9. The van der Waals surface area contributed by atoms with Crippen LogP contribution in [0, 0.1) is 10.1 Å². The third-order valence-electron chi connectivity index (χ3n) is 4.76. The van der Waals surface area contributed by atoms with Crippen molar-refractivity contribution in [3.8, 4) is 0 Å². The standard InChI is InChI=1S/C18H16N2O3/c21-18(15-8-7-12-3-1-5-14(12)11-15)19-10-9-13-4-2-6-16(17(13)19)20(22)23/h2,4,6-8,11H,1,3,5,9-10H2. The fourth-order valence-electron chi connectivity index (χ4n) is 3.65. The van der Waals surface area contributed by atoms with Gasteiger partial charge in [-0.15, -0.1) is 0 Å². The Labute approximate surface area is 133 Å². The van der Waals surface area contributed by atoms with Gasteiger partial charge < -0.3 is 4.90 Å². The molecule has 0 radical (unpaired) electrons. The number of fused-ring (bicyclic) bond motifs is 2. The highest BCUT2D eigenvalue weighted by molar-refractivity contribution is 6.08. The van der Waals surface area contributed by atoms with E-state index in [1.807, 2.05) is 24.3 Å². The van der Waals surface area contributed by atoms with E-state index < -0.39 is 4.92 Å². The zero-order chi connectivity index (χ0) is 16.0. The van der Waals surface area contributed by atoms with Crippen molar-refractivity contribution in [1.29, 1.82) is 0 Å². The van der Waals surface area contributed by atoms with E-state index in [2.05, 4.69) is 0 Å². The predicted molar refractivity (Wildman–Crippen MR) is 86.9 cm³/mol. The lowest BCUT2D eigenvalue weighted by atomic mass is 10.1. The molecule has 0 saturated heterocycles. The molecule has 5 nitrogen and oxygen atoms in total. The van der Waals surface area contributed by atoms with Crippen LogP contribution < -0.4 is 4.90 Å². The average Bonchev–Trinajstić information content (AvgIpc) is 3.19. The number of carbonyl (C=O) groups excluding carboxylic acids is 1. The number of carbonyl (C=O) groups is 1. The number of nitrogens with zero attached hydrogens (tertiary/aromatic N) is 2. The quantitative estimate of drug-likeness (QED) is 0.631. The van der Waals surface area contributed by atoms with Gasteiger partial charge in [0.1, 0.15) is 5.69 Å². The molecule has 0 atom stereocenters. The molecule has 5 heteroatoms. The van der Waals surface area contributed by atoms with Gasteiger partial charge >= 0.3 is 0 Å². The second-order valence-corrected chi connectivity index (χ2v) is 6.09. The summed E-state index contributed by atoms with van der Waals surface area (Å²) in [5, 5.41) is 11.3. The van der Waals surface area contributed by atoms with Gasteiger partial charge in [-0.1, -0.05) is 18.2 Å². The van der Waals surface area contributed by atoms with Gasteiger partial charge in [-0.25, -0.2) is 0 Å². The van der Waals surface area contributed by atoms with Crippen molar-refractivity contribution in [2.24, 2.45) is 0 Å². The summed E-state index contributed by atoms with van der Waals surface area (Å²) in [6.45, 7) is 0.496. The molecule has 1 amide bonds. The predicted octanol–water partition coefficient (Wildman–Crippen LogP) is 3.29. The Hall–Kier alpha value is -2.69. The summed E-state index contributed by atoms with van der Waals surface area (Å²) in [6, 6.07) is 10.8. The van der Waals surface area contributed by atoms with E-state index in [0.29, 0.717) is 24.2 Å². The molecule has 0 N–H and O–H groups in total. The van der Waals surface area contributed by atoms with Gasteiger partial charge in [0.25, 0.3) is 11.6 Å². The summed E-state index contributed by atoms with van der Waals surface area (Å²) in [5.74, 6) is -0.146. The van der Waals surface area contributed by atoms with E-state index in [9.17, 15) is 14.9 Å². The SMILES string of the molecule is O=C(c1ccc2c(c1)CCC2)N1CCc2cccc([N+](=O)[O-])c21. The van der Waals surface area contributed by atoms with Crippen molar-refractivity contribution in [2.45, 2.75) is 25.7 Å². The molecule has 0 bridgehead atoms. The fraction of sp³-hybridized carbons (Fsp3) is 0.278. The summed E-state index contributed by atoms with van der Waals surface area (Å²) >= 11 is 0. The zero-order valence-corrected chi connectivity index (χ0v) is 12.6. The monoisotopic (exact) mass is 308 g/mol. The third-order valence-corrected chi connectivity index (χ3v) is 4.76. The van der Waals surface area contributed by atoms with Crippen molar-refractivity contribution < 1.29 is 9.72 Å². The fourth-order valence-corrected chi connectivity index (χ4v) is 3.65. The lowest BCUT2D eigenvalue weighted by Crippen LogP contribution is -2.29. The number of amides is 1. The van der Waals surface area contributed by atoms with E-state index in [-0.39, 0.29) is 11.6 Å². The van der Waals surface area contributed by atoms with Crippen LogP contribution in [-0.4, -0.2) is 17.4 Å². The summed E-state index contributed by atoms with van der Waals surface area (Å²) in [4.78, 5) is 25.3. The van der Waals surface area contributed by atoms with Crippen molar-refractivity contribution in [3.63, 3.8) is 0 Å². The van der Waals surface area contributed by atoms with Crippen LogP contribution in [0.4, 0.5) is 11.4 Å². The first-order valence-electron chi connectivity index (χ1n) is 7.85. The minimum Gasteiger partial charge on any atom is -0.302 e. The van der Waals surface area contributed by atoms with Crippen LogP contribution >= 0.6 is 0 Å². The highest BCUT2D eigenvalue weighted by Gasteiger charge is 2.32. The number of hydrogen-bond donors (Lipinski definition) is 0. The number of para-hydroxylation sites is 1. The topological polar surface area (TPSA) is 63.5 Å². The van der Waals surface area contributed by atoms with Gasteiger partial charge in [0.05, 0.1) is 4.92 Å². The minimum atomic E-state index is -0.410. The maximum atomic E-state index is 12.9. The number of nitro groups is 1. The first-order valence-corrected chi connectivity index (χ1v) is 7.85. The van der Waals surface area contributed by atoms with E-state index >= 15 is 0 Å². The number of rotatable bonds is 2. The first-order chi connectivity index (χ1) is 11.1. The molecule has 116 valence electrons. The summed E-state index contributed by atoms with van der Waals surface area (Å²) in [7, 11) is 0. The summed E-state index contributed by atoms with van der Waals surface area (Å²) in [6.07, 6.45) is 3.87. The van der Waals surface area contributed by atoms with Crippen LogP contribution in [0.5, 0.6) is 0 Å². The van der Waals surface area contributed by atoms with E-state index in [4.69, 9.17) is 0 Å². The molecule has 1 heterocycles. The van der Waals surface area contributed by atoms with E-state index in [0.717, 1.165) is 24.8 Å². The molecule has 4 rings (SSSR count). The molecule has 2 aromatic carbocycles. The van der Waals surface area contributed by atoms with Gasteiger partial charge in [-0.3, -0.25) is 14.9 Å². The largest absolute Gasteiger partial charge is 0.302 e. The van der Waals surface area contributed by atoms with Gasteiger partial charge in [-0.05, 0) is 54.5 Å². The normalized spacial score (nSPS) is 15.4. The maximum absolute atomic E-state index is 12.9. The van der Waals surface area contributed by atoms with E-state index in [1.54, 1.807) is 11.0 Å². The van der Waals surface area contributed by atoms with Crippen LogP contribution in [-0.2, 0) is 19.3 Å². The van der Waals surface area contributed by atoms with Crippen LogP contribution in [0.25, 0.3) is 0 Å². The number of benzene rings is 2. The Morgan fingerprint density at radius 1 is 1.04 bits per heavy atom. The number of aryl methyl sites for hydroxylation is 2. The smallest absolute Gasteiger partial charge is 0.293 e.